The SMILES string of the molecule is O=C(NCCc1ccccc1)/C(=C\c1ccc(-c2ccc(Cl)cc2Cl)o1)NC(=O)c1ccccc1. The first kappa shape index (κ1) is 24.3. The molecule has 0 atom stereocenters. The lowest BCUT2D eigenvalue weighted by atomic mass is 10.1. The van der Waals surface area contributed by atoms with Gasteiger partial charge in [-0.15, -0.1) is 0 Å². The standard InChI is InChI=1S/C28H22Cl2N2O3/c29-21-11-13-23(24(30)17-21)26-14-12-22(35-26)18-25(32-27(33)20-9-5-2-6-10-20)28(34)31-16-15-19-7-3-1-4-8-19/h1-14,17-18H,15-16H2,(H,31,34)(H,32,33)/b25-18+. The zero-order valence-corrected chi connectivity index (χ0v) is 20.1. The predicted octanol–water partition coefficient (Wildman–Crippen LogP) is 6.38. The Kier molecular flexibility index (Phi) is 8.03. The molecule has 7 heteroatoms. The Morgan fingerprint density at radius 3 is 2.29 bits per heavy atom. The van der Waals surface area contributed by atoms with Crippen LogP contribution in [0.25, 0.3) is 17.4 Å². The Morgan fingerprint density at radius 2 is 1.57 bits per heavy atom. The van der Waals surface area contributed by atoms with Crippen LogP contribution in [-0.4, -0.2) is 18.4 Å². The highest BCUT2D eigenvalue weighted by Gasteiger charge is 2.16. The molecule has 1 aromatic heterocycles. The summed E-state index contributed by atoms with van der Waals surface area (Å²) in [6.07, 6.45) is 2.15. The topological polar surface area (TPSA) is 71.3 Å². The maximum atomic E-state index is 13.0. The van der Waals surface area contributed by atoms with Gasteiger partial charge >= 0.3 is 0 Å². The highest BCUT2D eigenvalue weighted by atomic mass is 35.5. The molecule has 0 radical (unpaired) electrons. The molecule has 2 amide bonds. The summed E-state index contributed by atoms with van der Waals surface area (Å²) in [5, 5.41) is 6.53. The summed E-state index contributed by atoms with van der Waals surface area (Å²) >= 11 is 12.3. The molecule has 4 aromatic rings. The van der Waals surface area contributed by atoms with Gasteiger partial charge in [0.05, 0.1) is 5.02 Å². The zero-order chi connectivity index (χ0) is 24.6. The van der Waals surface area contributed by atoms with Crippen molar-refractivity contribution < 1.29 is 14.0 Å². The minimum Gasteiger partial charge on any atom is -0.457 e. The third-order valence-corrected chi connectivity index (χ3v) is 5.73. The molecule has 3 aromatic carbocycles. The molecular weight excluding hydrogens is 483 g/mol. The maximum absolute atomic E-state index is 13.0. The van der Waals surface area contributed by atoms with Crippen molar-refractivity contribution in [2.45, 2.75) is 6.42 Å². The van der Waals surface area contributed by atoms with E-state index in [1.165, 1.54) is 6.08 Å². The van der Waals surface area contributed by atoms with Crippen molar-refractivity contribution in [3.63, 3.8) is 0 Å². The van der Waals surface area contributed by atoms with Crippen LogP contribution >= 0.6 is 23.2 Å². The third-order valence-electron chi connectivity index (χ3n) is 5.18. The van der Waals surface area contributed by atoms with Crippen molar-refractivity contribution in [2.75, 3.05) is 6.54 Å². The number of carbonyl (C=O) groups is 2. The van der Waals surface area contributed by atoms with Crippen molar-refractivity contribution >= 4 is 41.1 Å². The number of amides is 2. The van der Waals surface area contributed by atoms with Crippen LogP contribution in [-0.2, 0) is 11.2 Å². The van der Waals surface area contributed by atoms with Crippen molar-refractivity contribution in [3.05, 3.63) is 124 Å². The van der Waals surface area contributed by atoms with Gasteiger partial charge in [0.15, 0.2) is 0 Å². The number of nitrogens with one attached hydrogen (secondary N) is 2. The van der Waals surface area contributed by atoms with Gasteiger partial charge in [-0.1, -0.05) is 71.7 Å². The van der Waals surface area contributed by atoms with Gasteiger partial charge in [-0.2, -0.15) is 0 Å². The first-order valence-electron chi connectivity index (χ1n) is 10.9. The fraction of sp³-hybridized carbons (Fsp3) is 0.0714. The molecule has 2 N–H and O–H groups in total. The second-order valence-corrected chi connectivity index (χ2v) is 8.54. The van der Waals surface area contributed by atoms with E-state index in [0.29, 0.717) is 45.7 Å². The molecule has 0 aliphatic rings. The number of benzene rings is 3. The number of furan rings is 1. The third kappa shape index (κ3) is 6.63. The van der Waals surface area contributed by atoms with Gasteiger partial charge in [0, 0.05) is 28.8 Å². The Morgan fingerprint density at radius 1 is 0.857 bits per heavy atom. The van der Waals surface area contributed by atoms with Crippen LogP contribution in [0.4, 0.5) is 0 Å². The second-order valence-electron chi connectivity index (χ2n) is 7.70. The van der Waals surface area contributed by atoms with Crippen LogP contribution in [0.3, 0.4) is 0 Å². The molecule has 0 aliphatic carbocycles. The molecule has 0 saturated carbocycles. The van der Waals surface area contributed by atoms with Gasteiger partial charge in [0.2, 0.25) is 0 Å². The van der Waals surface area contributed by atoms with Gasteiger partial charge in [0.25, 0.3) is 11.8 Å². The summed E-state index contributed by atoms with van der Waals surface area (Å²) in [7, 11) is 0. The van der Waals surface area contributed by atoms with Crippen LogP contribution in [0.5, 0.6) is 0 Å². The summed E-state index contributed by atoms with van der Waals surface area (Å²) in [6.45, 7) is 0.408. The largest absolute Gasteiger partial charge is 0.457 e. The van der Waals surface area contributed by atoms with Gasteiger partial charge < -0.3 is 15.1 Å². The number of carbonyl (C=O) groups excluding carboxylic acids is 2. The Hall–Kier alpha value is -3.80. The fourth-order valence-corrected chi connectivity index (χ4v) is 3.91. The normalized spacial score (nSPS) is 11.2. The molecule has 0 aliphatic heterocycles. The summed E-state index contributed by atoms with van der Waals surface area (Å²) in [6, 6.07) is 27.0. The molecule has 0 bridgehead atoms. The van der Waals surface area contributed by atoms with E-state index >= 15 is 0 Å². The van der Waals surface area contributed by atoms with Crippen molar-refractivity contribution in [2.24, 2.45) is 0 Å². The van der Waals surface area contributed by atoms with E-state index in [1.54, 1.807) is 54.6 Å². The molecule has 176 valence electrons. The van der Waals surface area contributed by atoms with Gasteiger partial charge in [-0.3, -0.25) is 9.59 Å². The van der Waals surface area contributed by atoms with Crippen LogP contribution in [0.1, 0.15) is 21.7 Å². The van der Waals surface area contributed by atoms with E-state index in [1.807, 2.05) is 36.4 Å². The Bertz CT molecular complexity index is 1350. The highest BCUT2D eigenvalue weighted by molar-refractivity contribution is 6.36. The van der Waals surface area contributed by atoms with Crippen LogP contribution in [0, 0.1) is 0 Å². The monoisotopic (exact) mass is 504 g/mol. The minimum absolute atomic E-state index is 0.0648. The first-order chi connectivity index (χ1) is 17.0. The van der Waals surface area contributed by atoms with Crippen LogP contribution in [0.2, 0.25) is 10.0 Å². The lowest BCUT2D eigenvalue weighted by Crippen LogP contribution is -2.35. The van der Waals surface area contributed by atoms with Crippen molar-refractivity contribution in [1.82, 2.24) is 10.6 Å². The summed E-state index contributed by atoms with van der Waals surface area (Å²) in [5.41, 5.74) is 2.26. The number of hydrogen-bond acceptors (Lipinski definition) is 3. The highest BCUT2D eigenvalue weighted by Crippen LogP contribution is 2.32. The smallest absolute Gasteiger partial charge is 0.267 e. The fourth-order valence-electron chi connectivity index (χ4n) is 3.41. The molecule has 1 heterocycles. The van der Waals surface area contributed by atoms with E-state index in [9.17, 15) is 9.59 Å². The molecule has 35 heavy (non-hydrogen) atoms. The average molecular weight is 505 g/mol. The van der Waals surface area contributed by atoms with Crippen LogP contribution in [0.15, 0.2) is 101 Å². The molecule has 4 rings (SSSR count). The first-order valence-corrected chi connectivity index (χ1v) is 11.7. The zero-order valence-electron chi connectivity index (χ0n) is 18.6. The quantitative estimate of drug-likeness (QED) is 0.273. The lowest BCUT2D eigenvalue weighted by Gasteiger charge is -2.11. The van der Waals surface area contributed by atoms with Gasteiger partial charge in [0.1, 0.15) is 17.2 Å². The van der Waals surface area contributed by atoms with Crippen molar-refractivity contribution in [1.29, 1.82) is 0 Å². The average Bonchev–Trinajstić information content (AvgIpc) is 3.33. The van der Waals surface area contributed by atoms with Gasteiger partial charge in [-0.05, 0) is 54.4 Å². The summed E-state index contributed by atoms with van der Waals surface area (Å²) < 4.78 is 5.90. The van der Waals surface area contributed by atoms with E-state index < -0.39 is 11.8 Å². The van der Waals surface area contributed by atoms with Gasteiger partial charge in [-0.25, -0.2) is 0 Å². The van der Waals surface area contributed by atoms with E-state index in [-0.39, 0.29) is 5.70 Å². The number of rotatable bonds is 8. The maximum Gasteiger partial charge on any atom is 0.267 e. The molecule has 0 spiro atoms. The number of hydrogen-bond donors (Lipinski definition) is 2. The minimum atomic E-state index is -0.423. The van der Waals surface area contributed by atoms with E-state index in [0.717, 1.165) is 5.56 Å². The molecule has 0 saturated heterocycles. The summed E-state index contributed by atoms with van der Waals surface area (Å²) in [4.78, 5) is 25.8. The Balaban J connectivity index is 1.55. The van der Waals surface area contributed by atoms with Crippen LogP contribution < -0.4 is 10.6 Å². The molecule has 0 fully saturated rings. The molecule has 5 nitrogen and oxygen atoms in total. The molecular formula is C28H22Cl2N2O3. The van der Waals surface area contributed by atoms with E-state index in [2.05, 4.69) is 10.6 Å². The van der Waals surface area contributed by atoms with E-state index in [4.69, 9.17) is 27.6 Å². The molecule has 0 unspecified atom stereocenters. The summed E-state index contributed by atoms with van der Waals surface area (Å²) in [5.74, 6) is 0.0685. The lowest BCUT2D eigenvalue weighted by molar-refractivity contribution is -0.117. The van der Waals surface area contributed by atoms with Crippen molar-refractivity contribution in [3.8, 4) is 11.3 Å². The second kappa shape index (κ2) is 11.6. The Labute approximate surface area is 213 Å². The predicted molar refractivity (Wildman–Crippen MR) is 139 cm³/mol. The number of halogens is 2.